The van der Waals surface area contributed by atoms with Crippen molar-refractivity contribution in [3.05, 3.63) is 35.6 Å². The van der Waals surface area contributed by atoms with Crippen LogP contribution in [0.25, 0.3) is 0 Å². The van der Waals surface area contributed by atoms with Crippen LogP contribution < -0.4 is 5.32 Å². The van der Waals surface area contributed by atoms with Crippen LogP contribution >= 0.6 is 0 Å². The SMILES string of the molecule is CC(=O)CC[C@H](NC(=O)Cc1ccc(F)cc1)C(=O)O. The van der Waals surface area contributed by atoms with Gasteiger partial charge >= 0.3 is 5.97 Å². The fraction of sp³-hybridized carbons (Fsp3) is 0.357. The lowest BCUT2D eigenvalue weighted by Crippen LogP contribution is -2.41. The van der Waals surface area contributed by atoms with E-state index in [4.69, 9.17) is 5.11 Å². The molecule has 1 atom stereocenters. The summed E-state index contributed by atoms with van der Waals surface area (Å²) < 4.78 is 12.7. The number of hydrogen-bond acceptors (Lipinski definition) is 3. The molecular formula is C14H16FNO4. The van der Waals surface area contributed by atoms with Gasteiger partial charge < -0.3 is 15.2 Å². The molecule has 1 amide bonds. The minimum Gasteiger partial charge on any atom is -0.480 e. The molecule has 108 valence electrons. The molecule has 1 aromatic rings. The fourth-order valence-corrected chi connectivity index (χ4v) is 1.64. The molecule has 0 saturated carbocycles. The van der Waals surface area contributed by atoms with E-state index >= 15 is 0 Å². The molecule has 6 heteroatoms. The Labute approximate surface area is 115 Å². The van der Waals surface area contributed by atoms with Crippen LogP contribution in [-0.2, 0) is 20.8 Å². The summed E-state index contributed by atoms with van der Waals surface area (Å²) in [5.41, 5.74) is 0.583. The number of halogens is 1. The van der Waals surface area contributed by atoms with Crippen LogP contribution in [0.1, 0.15) is 25.3 Å². The topological polar surface area (TPSA) is 83.5 Å². The molecule has 0 spiro atoms. The lowest BCUT2D eigenvalue weighted by Gasteiger charge is -2.13. The molecule has 0 heterocycles. The number of amides is 1. The van der Waals surface area contributed by atoms with E-state index in [0.717, 1.165) is 0 Å². The Kier molecular flexibility index (Phi) is 5.83. The lowest BCUT2D eigenvalue weighted by molar-refractivity contribution is -0.142. The summed E-state index contributed by atoms with van der Waals surface area (Å²) in [4.78, 5) is 33.5. The molecular weight excluding hydrogens is 265 g/mol. The van der Waals surface area contributed by atoms with Gasteiger partial charge in [0.05, 0.1) is 6.42 Å². The van der Waals surface area contributed by atoms with Crippen LogP contribution in [0, 0.1) is 5.82 Å². The maximum Gasteiger partial charge on any atom is 0.326 e. The van der Waals surface area contributed by atoms with Gasteiger partial charge in [0.15, 0.2) is 0 Å². The molecule has 2 N–H and O–H groups in total. The van der Waals surface area contributed by atoms with Gasteiger partial charge in [-0.05, 0) is 31.0 Å². The second-order valence-corrected chi connectivity index (χ2v) is 4.50. The Balaban J connectivity index is 2.55. The van der Waals surface area contributed by atoms with Crippen LogP contribution in [0.4, 0.5) is 4.39 Å². The molecule has 1 rings (SSSR count). The lowest BCUT2D eigenvalue weighted by atomic mass is 10.1. The van der Waals surface area contributed by atoms with E-state index in [1.807, 2.05) is 0 Å². The van der Waals surface area contributed by atoms with Crippen molar-refractivity contribution in [2.75, 3.05) is 0 Å². The number of aliphatic carboxylic acids is 1. The van der Waals surface area contributed by atoms with Gasteiger partial charge in [-0.15, -0.1) is 0 Å². The number of carbonyl (C=O) groups excluding carboxylic acids is 2. The van der Waals surface area contributed by atoms with E-state index in [2.05, 4.69) is 5.32 Å². The third-order valence-electron chi connectivity index (χ3n) is 2.70. The maximum atomic E-state index is 12.7. The van der Waals surface area contributed by atoms with Crippen LogP contribution in [0.5, 0.6) is 0 Å². The molecule has 0 aliphatic heterocycles. The zero-order valence-corrected chi connectivity index (χ0v) is 11.1. The minimum absolute atomic E-state index is 0.0376. The molecule has 0 radical (unpaired) electrons. The molecule has 5 nitrogen and oxygen atoms in total. The van der Waals surface area contributed by atoms with Crippen LogP contribution in [0.3, 0.4) is 0 Å². The van der Waals surface area contributed by atoms with Crippen molar-refractivity contribution in [2.24, 2.45) is 0 Å². The highest BCUT2D eigenvalue weighted by Gasteiger charge is 2.20. The van der Waals surface area contributed by atoms with Crippen molar-refractivity contribution in [3.63, 3.8) is 0 Å². The summed E-state index contributed by atoms with van der Waals surface area (Å²) in [6, 6.07) is 4.28. The van der Waals surface area contributed by atoms with Crippen molar-refractivity contribution in [2.45, 2.75) is 32.2 Å². The number of carbonyl (C=O) groups is 3. The average Bonchev–Trinajstić information content (AvgIpc) is 2.36. The van der Waals surface area contributed by atoms with Crippen molar-refractivity contribution in [1.29, 1.82) is 0 Å². The van der Waals surface area contributed by atoms with E-state index in [1.54, 1.807) is 0 Å². The summed E-state index contributed by atoms with van der Waals surface area (Å²) in [5, 5.41) is 11.3. The van der Waals surface area contributed by atoms with Crippen LogP contribution in [0.2, 0.25) is 0 Å². The maximum absolute atomic E-state index is 12.7. The van der Waals surface area contributed by atoms with E-state index in [9.17, 15) is 18.8 Å². The molecule has 0 aromatic heterocycles. The monoisotopic (exact) mass is 281 g/mol. The Morgan fingerprint density at radius 2 is 1.85 bits per heavy atom. The molecule has 0 bridgehead atoms. The summed E-state index contributed by atoms with van der Waals surface area (Å²) in [6.07, 6.45) is 0.109. The summed E-state index contributed by atoms with van der Waals surface area (Å²) in [6.45, 7) is 1.36. The fourth-order valence-electron chi connectivity index (χ4n) is 1.64. The molecule has 0 saturated heterocycles. The highest BCUT2D eigenvalue weighted by Crippen LogP contribution is 2.05. The minimum atomic E-state index is -1.18. The number of benzene rings is 1. The predicted molar refractivity (Wildman–Crippen MR) is 69.6 cm³/mol. The number of ketones is 1. The third-order valence-corrected chi connectivity index (χ3v) is 2.70. The summed E-state index contributed by atoms with van der Waals surface area (Å²) in [5.74, 6) is -2.20. The third kappa shape index (κ3) is 5.60. The summed E-state index contributed by atoms with van der Waals surface area (Å²) >= 11 is 0. The van der Waals surface area contributed by atoms with Crippen molar-refractivity contribution < 1.29 is 23.9 Å². The van der Waals surface area contributed by atoms with Crippen molar-refractivity contribution in [1.82, 2.24) is 5.32 Å². The average molecular weight is 281 g/mol. The second-order valence-electron chi connectivity index (χ2n) is 4.50. The van der Waals surface area contributed by atoms with E-state index in [0.29, 0.717) is 5.56 Å². The van der Waals surface area contributed by atoms with E-state index in [1.165, 1.54) is 31.2 Å². The first-order valence-electron chi connectivity index (χ1n) is 6.14. The molecule has 0 aliphatic carbocycles. The highest BCUT2D eigenvalue weighted by molar-refractivity contribution is 5.85. The van der Waals surface area contributed by atoms with Gasteiger partial charge in [-0.3, -0.25) is 4.79 Å². The normalized spacial score (nSPS) is 11.7. The molecule has 1 aromatic carbocycles. The molecule has 0 fully saturated rings. The Morgan fingerprint density at radius 3 is 2.35 bits per heavy atom. The molecule has 0 aliphatic rings. The van der Waals surface area contributed by atoms with Crippen LogP contribution in [-0.4, -0.2) is 28.8 Å². The zero-order valence-electron chi connectivity index (χ0n) is 11.1. The first-order valence-corrected chi connectivity index (χ1v) is 6.14. The highest BCUT2D eigenvalue weighted by atomic mass is 19.1. The quantitative estimate of drug-likeness (QED) is 0.789. The number of nitrogens with one attached hydrogen (secondary N) is 1. The number of carboxylic acid groups (broad SMARTS) is 1. The van der Waals surface area contributed by atoms with Gasteiger partial charge in [-0.2, -0.15) is 0 Å². The largest absolute Gasteiger partial charge is 0.480 e. The first kappa shape index (κ1) is 15.8. The summed E-state index contributed by atoms with van der Waals surface area (Å²) in [7, 11) is 0. The number of hydrogen-bond donors (Lipinski definition) is 2. The first-order chi connectivity index (χ1) is 9.38. The second kappa shape index (κ2) is 7.37. The van der Waals surface area contributed by atoms with Gasteiger partial charge in [0.25, 0.3) is 0 Å². The standard InChI is InChI=1S/C14H16FNO4/c1-9(17)2-7-12(14(19)20)16-13(18)8-10-3-5-11(15)6-4-10/h3-6,12H,2,7-8H2,1H3,(H,16,18)(H,19,20)/t12-/m0/s1. The Hall–Kier alpha value is -2.24. The van der Waals surface area contributed by atoms with Crippen molar-refractivity contribution >= 4 is 17.7 Å². The Morgan fingerprint density at radius 1 is 1.25 bits per heavy atom. The molecule has 0 unspecified atom stereocenters. The number of rotatable bonds is 7. The van der Waals surface area contributed by atoms with Crippen LogP contribution in [0.15, 0.2) is 24.3 Å². The van der Waals surface area contributed by atoms with Gasteiger partial charge in [-0.1, -0.05) is 12.1 Å². The zero-order chi connectivity index (χ0) is 15.1. The van der Waals surface area contributed by atoms with E-state index < -0.39 is 23.7 Å². The molecule has 20 heavy (non-hydrogen) atoms. The number of carboxylic acids is 1. The van der Waals surface area contributed by atoms with E-state index in [-0.39, 0.29) is 25.0 Å². The van der Waals surface area contributed by atoms with Gasteiger partial charge in [-0.25, -0.2) is 9.18 Å². The smallest absolute Gasteiger partial charge is 0.326 e. The Bertz CT molecular complexity index is 498. The van der Waals surface area contributed by atoms with Gasteiger partial charge in [0.1, 0.15) is 17.6 Å². The van der Waals surface area contributed by atoms with Gasteiger partial charge in [0, 0.05) is 6.42 Å². The van der Waals surface area contributed by atoms with Crippen molar-refractivity contribution in [3.8, 4) is 0 Å². The van der Waals surface area contributed by atoms with Gasteiger partial charge in [0.2, 0.25) is 5.91 Å². The number of Topliss-reactive ketones (excluding diaryl/α,β-unsaturated/α-hetero) is 1. The predicted octanol–water partition coefficient (Wildman–Crippen LogP) is 1.31.